The number of carbonyl (C=O) groups excluding carboxylic acids is 2. The first-order valence-corrected chi connectivity index (χ1v) is 8.43. The summed E-state index contributed by atoms with van der Waals surface area (Å²) in [7, 11) is 0. The Morgan fingerprint density at radius 3 is 2.60 bits per heavy atom. The molecule has 0 saturated carbocycles. The molecule has 1 N–H and O–H groups in total. The van der Waals surface area contributed by atoms with Gasteiger partial charge >= 0.3 is 0 Å². The summed E-state index contributed by atoms with van der Waals surface area (Å²) < 4.78 is 5.49. The summed E-state index contributed by atoms with van der Waals surface area (Å²) in [5.41, 5.74) is 3.68. The molecule has 2 amide bonds. The van der Waals surface area contributed by atoms with Crippen LogP contribution in [0.5, 0.6) is 5.75 Å². The highest BCUT2D eigenvalue weighted by molar-refractivity contribution is 5.98. The fraction of sp³-hybridized carbons (Fsp3) is 0.300. The summed E-state index contributed by atoms with van der Waals surface area (Å²) in [6.45, 7) is 4.63. The second kappa shape index (κ2) is 7.38. The average molecular weight is 338 g/mol. The molecule has 2 aromatic carbocycles. The summed E-state index contributed by atoms with van der Waals surface area (Å²) in [6, 6.07) is 13.2. The molecular formula is C20H22N2O3. The van der Waals surface area contributed by atoms with Crippen molar-refractivity contribution in [3.63, 3.8) is 0 Å². The lowest BCUT2D eigenvalue weighted by molar-refractivity contribution is -0.118. The van der Waals surface area contributed by atoms with Crippen LogP contribution in [0.25, 0.3) is 0 Å². The molecule has 2 aromatic rings. The number of anilines is 2. The highest BCUT2D eigenvalue weighted by atomic mass is 16.5. The van der Waals surface area contributed by atoms with Crippen molar-refractivity contribution in [3.8, 4) is 5.75 Å². The van der Waals surface area contributed by atoms with Gasteiger partial charge in [-0.3, -0.25) is 9.59 Å². The number of hydrogen-bond acceptors (Lipinski definition) is 3. The Morgan fingerprint density at radius 2 is 1.92 bits per heavy atom. The number of amides is 2. The Morgan fingerprint density at radius 1 is 1.16 bits per heavy atom. The maximum Gasteiger partial charge on any atom is 0.262 e. The van der Waals surface area contributed by atoms with Crippen LogP contribution >= 0.6 is 0 Å². The minimum Gasteiger partial charge on any atom is -0.484 e. The van der Waals surface area contributed by atoms with Crippen LogP contribution in [-0.2, 0) is 9.59 Å². The van der Waals surface area contributed by atoms with Crippen LogP contribution in [0.1, 0.15) is 24.0 Å². The van der Waals surface area contributed by atoms with Crippen molar-refractivity contribution in [2.45, 2.75) is 26.7 Å². The quantitative estimate of drug-likeness (QED) is 0.908. The Balaban J connectivity index is 1.63. The number of nitrogens with one attached hydrogen (secondary N) is 1. The van der Waals surface area contributed by atoms with E-state index in [2.05, 4.69) is 5.32 Å². The molecule has 1 aliphatic rings. The van der Waals surface area contributed by atoms with E-state index in [0.29, 0.717) is 17.9 Å². The molecule has 0 unspecified atom stereocenters. The van der Waals surface area contributed by atoms with Crippen molar-refractivity contribution < 1.29 is 14.3 Å². The molecule has 1 saturated heterocycles. The number of rotatable bonds is 5. The number of carbonyl (C=O) groups is 2. The average Bonchev–Trinajstić information content (AvgIpc) is 3.02. The minimum absolute atomic E-state index is 0.0606. The molecule has 0 atom stereocenters. The smallest absolute Gasteiger partial charge is 0.262 e. The van der Waals surface area contributed by atoms with Gasteiger partial charge in [0.1, 0.15) is 5.75 Å². The molecule has 3 rings (SSSR count). The molecule has 5 nitrogen and oxygen atoms in total. The third-order valence-corrected chi connectivity index (χ3v) is 4.25. The van der Waals surface area contributed by atoms with Gasteiger partial charge in [0.2, 0.25) is 5.91 Å². The Kier molecular flexibility index (Phi) is 5.03. The third kappa shape index (κ3) is 4.18. The van der Waals surface area contributed by atoms with Gasteiger partial charge in [-0.25, -0.2) is 0 Å². The standard InChI is InChI=1S/C20H22N2O3/c1-14-5-9-17(10-6-14)25-13-19(23)21-16-8-7-15(2)18(12-16)22-11-3-4-20(22)24/h5-10,12H,3-4,11,13H2,1-2H3,(H,21,23). The molecular weight excluding hydrogens is 316 g/mol. The monoisotopic (exact) mass is 338 g/mol. The van der Waals surface area contributed by atoms with Gasteiger partial charge in [0.05, 0.1) is 0 Å². The lowest BCUT2D eigenvalue weighted by Gasteiger charge is -2.19. The first-order valence-electron chi connectivity index (χ1n) is 8.43. The van der Waals surface area contributed by atoms with Gasteiger partial charge in [0.15, 0.2) is 6.61 Å². The minimum atomic E-state index is -0.233. The number of ether oxygens (including phenoxy) is 1. The van der Waals surface area contributed by atoms with Gasteiger partial charge in [-0.2, -0.15) is 0 Å². The number of nitrogens with zero attached hydrogens (tertiary/aromatic N) is 1. The summed E-state index contributed by atoms with van der Waals surface area (Å²) >= 11 is 0. The first-order chi connectivity index (χ1) is 12.0. The summed E-state index contributed by atoms with van der Waals surface area (Å²) in [6.07, 6.45) is 1.46. The molecule has 0 spiro atoms. The summed E-state index contributed by atoms with van der Waals surface area (Å²) in [4.78, 5) is 25.9. The fourth-order valence-electron chi connectivity index (χ4n) is 2.86. The Hall–Kier alpha value is -2.82. The number of aryl methyl sites for hydroxylation is 2. The van der Waals surface area contributed by atoms with Gasteiger partial charge in [-0.05, 0) is 50.1 Å². The van der Waals surface area contributed by atoms with Crippen LogP contribution in [0.3, 0.4) is 0 Å². The third-order valence-electron chi connectivity index (χ3n) is 4.25. The molecule has 1 aliphatic heterocycles. The van der Waals surface area contributed by atoms with Crippen LogP contribution in [0.15, 0.2) is 42.5 Å². The van der Waals surface area contributed by atoms with Crippen LogP contribution in [0, 0.1) is 13.8 Å². The van der Waals surface area contributed by atoms with E-state index in [1.54, 1.807) is 4.90 Å². The molecule has 5 heteroatoms. The van der Waals surface area contributed by atoms with E-state index in [4.69, 9.17) is 4.74 Å². The Labute approximate surface area is 147 Å². The maximum atomic E-state index is 12.1. The molecule has 0 bridgehead atoms. The van der Waals surface area contributed by atoms with E-state index in [0.717, 1.165) is 29.8 Å². The van der Waals surface area contributed by atoms with E-state index < -0.39 is 0 Å². The summed E-state index contributed by atoms with van der Waals surface area (Å²) in [5.74, 6) is 0.561. The zero-order valence-electron chi connectivity index (χ0n) is 14.5. The Bertz CT molecular complexity index is 784. The van der Waals surface area contributed by atoms with Crippen molar-refractivity contribution >= 4 is 23.2 Å². The van der Waals surface area contributed by atoms with Gasteiger partial charge < -0.3 is 15.0 Å². The van der Waals surface area contributed by atoms with Crippen LogP contribution in [0.2, 0.25) is 0 Å². The van der Waals surface area contributed by atoms with Crippen LogP contribution < -0.4 is 15.0 Å². The van der Waals surface area contributed by atoms with Gasteiger partial charge in [-0.1, -0.05) is 23.8 Å². The predicted octanol–water partition coefficient (Wildman–Crippen LogP) is 3.45. The number of benzene rings is 2. The van der Waals surface area contributed by atoms with E-state index >= 15 is 0 Å². The second-order valence-electron chi connectivity index (χ2n) is 6.30. The van der Waals surface area contributed by atoms with Crippen LogP contribution in [0.4, 0.5) is 11.4 Å². The number of hydrogen-bond donors (Lipinski definition) is 1. The lowest BCUT2D eigenvalue weighted by Crippen LogP contribution is -2.25. The van der Waals surface area contributed by atoms with Crippen LogP contribution in [-0.4, -0.2) is 25.0 Å². The highest BCUT2D eigenvalue weighted by Crippen LogP contribution is 2.28. The SMILES string of the molecule is Cc1ccc(OCC(=O)Nc2ccc(C)c(N3CCCC3=O)c2)cc1. The molecule has 25 heavy (non-hydrogen) atoms. The van der Waals surface area contributed by atoms with Crippen molar-refractivity contribution in [2.24, 2.45) is 0 Å². The van der Waals surface area contributed by atoms with Crippen molar-refractivity contribution in [3.05, 3.63) is 53.6 Å². The molecule has 0 radical (unpaired) electrons. The highest BCUT2D eigenvalue weighted by Gasteiger charge is 2.23. The van der Waals surface area contributed by atoms with Gasteiger partial charge in [0, 0.05) is 24.3 Å². The molecule has 1 heterocycles. The maximum absolute atomic E-state index is 12.1. The largest absolute Gasteiger partial charge is 0.484 e. The molecule has 0 aromatic heterocycles. The lowest BCUT2D eigenvalue weighted by atomic mass is 10.1. The van der Waals surface area contributed by atoms with E-state index in [1.807, 2.05) is 56.3 Å². The predicted molar refractivity (Wildman–Crippen MR) is 98.1 cm³/mol. The zero-order chi connectivity index (χ0) is 17.8. The summed E-state index contributed by atoms with van der Waals surface area (Å²) in [5, 5.41) is 2.83. The topological polar surface area (TPSA) is 58.6 Å². The van der Waals surface area contributed by atoms with Crippen molar-refractivity contribution in [2.75, 3.05) is 23.4 Å². The molecule has 130 valence electrons. The van der Waals surface area contributed by atoms with E-state index in [9.17, 15) is 9.59 Å². The fourth-order valence-corrected chi connectivity index (χ4v) is 2.86. The van der Waals surface area contributed by atoms with E-state index in [-0.39, 0.29) is 18.4 Å². The van der Waals surface area contributed by atoms with Crippen molar-refractivity contribution in [1.82, 2.24) is 0 Å². The van der Waals surface area contributed by atoms with E-state index in [1.165, 1.54) is 0 Å². The molecule has 0 aliphatic carbocycles. The second-order valence-corrected chi connectivity index (χ2v) is 6.30. The molecule has 1 fully saturated rings. The first kappa shape index (κ1) is 17.0. The van der Waals surface area contributed by atoms with Crippen molar-refractivity contribution in [1.29, 1.82) is 0 Å². The van der Waals surface area contributed by atoms with Gasteiger partial charge in [0.25, 0.3) is 5.91 Å². The zero-order valence-corrected chi connectivity index (χ0v) is 14.5. The van der Waals surface area contributed by atoms with Gasteiger partial charge in [-0.15, -0.1) is 0 Å². The normalized spacial score (nSPS) is 13.8.